The lowest BCUT2D eigenvalue weighted by Crippen LogP contribution is -2.27. The number of carbonyl (C=O) groups excluding carboxylic acids is 1. The number of nitrogens with zero attached hydrogens (tertiary/aromatic N) is 2. The topological polar surface area (TPSA) is 100 Å². The molecule has 9 heteroatoms. The summed E-state index contributed by atoms with van der Waals surface area (Å²) in [5.74, 6) is 1.33. The Balaban J connectivity index is 1.72. The quantitative estimate of drug-likeness (QED) is 0.474. The monoisotopic (exact) mass is 404 g/mol. The van der Waals surface area contributed by atoms with Crippen LogP contribution in [0.4, 0.5) is 0 Å². The normalized spacial score (nSPS) is 11.9. The molecular weight excluding hydrogens is 384 g/mol. The van der Waals surface area contributed by atoms with Gasteiger partial charge in [-0.05, 0) is 35.7 Å². The number of aliphatic hydroxyl groups excluding tert-OH is 1. The number of ether oxygens (including phenoxy) is 1. The first-order valence-corrected chi connectivity index (χ1v) is 10.1. The van der Waals surface area contributed by atoms with Crippen LogP contribution in [0.15, 0.2) is 46.9 Å². The molecule has 0 aliphatic carbocycles. The van der Waals surface area contributed by atoms with Crippen LogP contribution in [0.1, 0.15) is 16.5 Å². The van der Waals surface area contributed by atoms with E-state index in [-0.39, 0.29) is 30.7 Å². The number of aliphatic hydroxyl groups is 1. The predicted molar refractivity (Wildman–Crippen MR) is 106 cm³/mol. The van der Waals surface area contributed by atoms with Gasteiger partial charge in [0.2, 0.25) is 11.1 Å². The van der Waals surface area contributed by atoms with Crippen LogP contribution in [0.25, 0.3) is 11.4 Å². The lowest BCUT2D eigenvalue weighted by molar-refractivity contribution is -0.121. The number of thioether (sulfide) groups is 1. The van der Waals surface area contributed by atoms with Crippen LogP contribution in [0.5, 0.6) is 5.75 Å². The third-order valence-electron chi connectivity index (χ3n) is 3.74. The van der Waals surface area contributed by atoms with Crippen LogP contribution in [-0.4, -0.2) is 46.5 Å². The van der Waals surface area contributed by atoms with Gasteiger partial charge in [-0.1, -0.05) is 17.8 Å². The van der Waals surface area contributed by atoms with Gasteiger partial charge < -0.3 is 15.2 Å². The molecule has 2 heterocycles. The highest BCUT2D eigenvalue weighted by Gasteiger charge is 2.21. The first kappa shape index (κ1) is 19.4. The number of amides is 1. The second-order valence-corrected chi connectivity index (χ2v) is 7.74. The standard InChI is InChI=1S/C18H20N4O3S2/c1-25-13-6-4-12(5-7-13)17-20-18(22-21-17)27-15(14-3-2-10-26-14)11-16(24)19-8-9-23/h2-7,10,15,23H,8-9,11H2,1H3,(H,19,24)(H,20,21,22)/t15-/m0/s1. The summed E-state index contributed by atoms with van der Waals surface area (Å²) in [6.07, 6.45) is 0.289. The zero-order valence-electron chi connectivity index (χ0n) is 14.7. The zero-order valence-corrected chi connectivity index (χ0v) is 16.3. The summed E-state index contributed by atoms with van der Waals surface area (Å²) in [7, 11) is 1.62. The first-order valence-electron chi connectivity index (χ1n) is 8.34. The Morgan fingerprint density at radius 3 is 2.85 bits per heavy atom. The maximum absolute atomic E-state index is 12.1. The maximum Gasteiger partial charge on any atom is 0.221 e. The number of nitrogens with one attached hydrogen (secondary N) is 2. The van der Waals surface area contributed by atoms with E-state index in [1.807, 2.05) is 41.8 Å². The number of thiophene rings is 1. The van der Waals surface area contributed by atoms with Gasteiger partial charge in [0, 0.05) is 23.4 Å². The molecule has 0 radical (unpaired) electrons. The van der Waals surface area contributed by atoms with E-state index in [4.69, 9.17) is 9.84 Å². The van der Waals surface area contributed by atoms with Crippen molar-refractivity contribution in [3.63, 3.8) is 0 Å². The summed E-state index contributed by atoms with van der Waals surface area (Å²) in [5, 5.41) is 21.2. The molecule has 1 atom stereocenters. The molecule has 0 bridgehead atoms. The molecule has 0 unspecified atom stereocenters. The molecule has 7 nitrogen and oxygen atoms in total. The van der Waals surface area contributed by atoms with E-state index in [0.29, 0.717) is 11.0 Å². The minimum absolute atomic E-state index is 0.0747. The molecule has 27 heavy (non-hydrogen) atoms. The van der Waals surface area contributed by atoms with Gasteiger partial charge in [-0.2, -0.15) is 0 Å². The molecule has 0 fully saturated rings. The van der Waals surface area contributed by atoms with E-state index in [9.17, 15) is 4.79 Å². The number of carbonyl (C=O) groups is 1. The van der Waals surface area contributed by atoms with Gasteiger partial charge in [0.1, 0.15) is 5.75 Å². The largest absolute Gasteiger partial charge is 0.497 e. The molecule has 0 aliphatic rings. The van der Waals surface area contributed by atoms with E-state index in [1.165, 1.54) is 11.8 Å². The van der Waals surface area contributed by atoms with Crippen LogP contribution in [-0.2, 0) is 4.79 Å². The van der Waals surface area contributed by atoms with Gasteiger partial charge in [0.05, 0.1) is 19.0 Å². The molecule has 3 N–H and O–H groups in total. The molecule has 0 saturated heterocycles. The van der Waals surface area contributed by atoms with E-state index in [2.05, 4.69) is 20.5 Å². The molecule has 1 amide bonds. The van der Waals surface area contributed by atoms with E-state index in [0.717, 1.165) is 16.2 Å². The smallest absolute Gasteiger partial charge is 0.221 e. The Labute approximate surface area is 165 Å². The molecule has 0 aliphatic heterocycles. The third-order valence-corrected chi connectivity index (χ3v) is 5.97. The Hall–Kier alpha value is -2.36. The minimum atomic E-state index is -0.110. The van der Waals surface area contributed by atoms with Gasteiger partial charge in [0.25, 0.3) is 0 Å². The van der Waals surface area contributed by atoms with Crippen molar-refractivity contribution in [3.8, 4) is 17.1 Å². The molecule has 0 spiro atoms. The number of aromatic nitrogens is 3. The van der Waals surface area contributed by atoms with Crippen LogP contribution >= 0.6 is 23.1 Å². The number of hydrogen-bond donors (Lipinski definition) is 3. The number of rotatable bonds is 9. The molecular formula is C18H20N4O3S2. The average Bonchev–Trinajstić information content (AvgIpc) is 3.38. The van der Waals surface area contributed by atoms with Crippen molar-refractivity contribution in [2.45, 2.75) is 16.8 Å². The van der Waals surface area contributed by atoms with E-state index in [1.54, 1.807) is 18.4 Å². The van der Waals surface area contributed by atoms with Crippen LogP contribution in [0.2, 0.25) is 0 Å². The van der Waals surface area contributed by atoms with Crippen LogP contribution < -0.4 is 10.1 Å². The van der Waals surface area contributed by atoms with Crippen molar-refractivity contribution >= 4 is 29.0 Å². The lowest BCUT2D eigenvalue weighted by atomic mass is 10.2. The highest BCUT2D eigenvalue weighted by Crippen LogP contribution is 2.38. The second-order valence-electron chi connectivity index (χ2n) is 5.59. The molecule has 142 valence electrons. The lowest BCUT2D eigenvalue weighted by Gasteiger charge is -2.12. The predicted octanol–water partition coefficient (Wildman–Crippen LogP) is 2.87. The molecule has 0 saturated carbocycles. The van der Waals surface area contributed by atoms with Crippen LogP contribution in [0, 0.1) is 0 Å². The summed E-state index contributed by atoms with van der Waals surface area (Å²) in [5.41, 5.74) is 0.906. The van der Waals surface area contributed by atoms with Crippen molar-refractivity contribution in [1.82, 2.24) is 20.5 Å². The van der Waals surface area contributed by atoms with Gasteiger partial charge in [0.15, 0.2) is 5.82 Å². The summed E-state index contributed by atoms with van der Waals surface area (Å²) in [6, 6.07) is 11.5. The number of H-pyrrole nitrogens is 1. The van der Waals surface area contributed by atoms with Crippen molar-refractivity contribution in [3.05, 3.63) is 46.7 Å². The van der Waals surface area contributed by atoms with Gasteiger partial charge >= 0.3 is 0 Å². The molecule has 2 aromatic heterocycles. The summed E-state index contributed by atoms with van der Waals surface area (Å²) in [6.45, 7) is 0.178. The number of hydrogen-bond acceptors (Lipinski definition) is 7. The molecule has 1 aromatic carbocycles. The SMILES string of the molecule is COc1ccc(-c2nc(S[C@@H](CC(=O)NCCO)c3cccs3)n[nH]2)cc1. The summed E-state index contributed by atoms with van der Waals surface area (Å²) >= 11 is 3.03. The number of aromatic amines is 1. The highest BCUT2D eigenvalue weighted by atomic mass is 32.2. The highest BCUT2D eigenvalue weighted by molar-refractivity contribution is 7.99. The zero-order chi connectivity index (χ0) is 19.1. The average molecular weight is 405 g/mol. The van der Waals surface area contributed by atoms with Gasteiger partial charge in [-0.3, -0.25) is 9.89 Å². The first-order chi connectivity index (χ1) is 13.2. The number of methoxy groups -OCH3 is 1. The Kier molecular flexibility index (Phi) is 6.86. The van der Waals surface area contributed by atoms with Gasteiger partial charge in [-0.15, -0.1) is 16.4 Å². The Bertz CT molecular complexity index is 850. The van der Waals surface area contributed by atoms with Gasteiger partial charge in [-0.25, -0.2) is 4.98 Å². The fourth-order valence-corrected chi connectivity index (χ4v) is 4.36. The van der Waals surface area contributed by atoms with Crippen molar-refractivity contribution < 1.29 is 14.6 Å². The Morgan fingerprint density at radius 1 is 1.37 bits per heavy atom. The fourth-order valence-electron chi connectivity index (χ4n) is 2.42. The van der Waals surface area contributed by atoms with E-state index < -0.39 is 0 Å². The van der Waals surface area contributed by atoms with E-state index >= 15 is 0 Å². The minimum Gasteiger partial charge on any atom is -0.497 e. The van der Waals surface area contributed by atoms with Crippen molar-refractivity contribution in [2.24, 2.45) is 0 Å². The summed E-state index contributed by atoms with van der Waals surface area (Å²) < 4.78 is 5.17. The second kappa shape index (κ2) is 9.54. The number of benzene rings is 1. The fraction of sp³-hybridized carbons (Fsp3) is 0.278. The van der Waals surface area contributed by atoms with Crippen molar-refractivity contribution in [2.75, 3.05) is 20.3 Å². The third kappa shape index (κ3) is 5.31. The van der Waals surface area contributed by atoms with Crippen LogP contribution in [0.3, 0.4) is 0 Å². The molecule has 3 rings (SSSR count). The Morgan fingerprint density at radius 2 is 2.19 bits per heavy atom. The summed E-state index contributed by atoms with van der Waals surface area (Å²) in [4.78, 5) is 17.7. The van der Waals surface area contributed by atoms with Crippen molar-refractivity contribution in [1.29, 1.82) is 0 Å². The maximum atomic E-state index is 12.1. The molecule has 3 aromatic rings.